The van der Waals surface area contributed by atoms with Crippen LogP contribution in [0, 0.1) is 5.92 Å². The fraction of sp³-hybridized carbons (Fsp3) is 0.571. The van der Waals surface area contributed by atoms with Crippen molar-refractivity contribution in [3.8, 4) is 0 Å². The second kappa shape index (κ2) is 8.89. The van der Waals surface area contributed by atoms with Crippen LogP contribution in [0.2, 0.25) is 0 Å². The van der Waals surface area contributed by atoms with Gasteiger partial charge in [-0.05, 0) is 23.1 Å². The second-order valence-corrected chi connectivity index (χ2v) is 8.75. The number of pyridine rings is 1. The molecule has 164 valence electrons. The molecule has 1 aliphatic heterocycles. The van der Waals surface area contributed by atoms with Crippen LogP contribution in [0.25, 0.3) is 0 Å². The van der Waals surface area contributed by atoms with Crippen molar-refractivity contribution < 1.29 is 28.7 Å². The predicted molar refractivity (Wildman–Crippen MR) is 108 cm³/mol. The molecule has 0 aliphatic carbocycles. The van der Waals surface area contributed by atoms with Crippen molar-refractivity contribution >= 4 is 23.4 Å². The van der Waals surface area contributed by atoms with Crippen molar-refractivity contribution in [1.82, 2.24) is 10.3 Å². The first kappa shape index (κ1) is 23.4. The minimum atomic E-state index is -1.48. The third kappa shape index (κ3) is 5.01. The summed E-state index contributed by atoms with van der Waals surface area (Å²) in [4.78, 5) is 45.7. The number of alkyl halides is 1. The molecule has 0 fully saturated rings. The Morgan fingerprint density at radius 3 is 2.53 bits per heavy atom. The van der Waals surface area contributed by atoms with Crippen molar-refractivity contribution in [1.29, 1.82) is 0 Å². The molecule has 1 unspecified atom stereocenters. The number of amides is 1. The van der Waals surface area contributed by atoms with Crippen LogP contribution >= 0.6 is 0 Å². The lowest BCUT2D eigenvalue weighted by Crippen LogP contribution is -2.55. The third-order valence-electron chi connectivity index (χ3n) is 5.19. The van der Waals surface area contributed by atoms with Gasteiger partial charge in [0.15, 0.2) is 5.78 Å². The van der Waals surface area contributed by atoms with E-state index in [-0.39, 0.29) is 17.8 Å². The van der Waals surface area contributed by atoms with E-state index in [0.717, 1.165) is 5.56 Å². The maximum Gasteiger partial charge on any atom is 0.305 e. The van der Waals surface area contributed by atoms with Crippen LogP contribution in [0.3, 0.4) is 0 Å². The van der Waals surface area contributed by atoms with Gasteiger partial charge in [0.05, 0.1) is 12.1 Å². The highest BCUT2D eigenvalue weighted by atomic mass is 19.1. The maximum absolute atomic E-state index is 13.0. The minimum Gasteiger partial charge on any atom is -0.481 e. The number of aliphatic carboxylic acids is 1. The molecule has 8 nitrogen and oxygen atoms in total. The minimum absolute atomic E-state index is 0.0840. The Labute approximate surface area is 174 Å². The summed E-state index contributed by atoms with van der Waals surface area (Å²) in [7, 11) is 0. The van der Waals surface area contributed by atoms with Gasteiger partial charge in [-0.3, -0.25) is 19.4 Å². The lowest BCUT2D eigenvalue weighted by atomic mass is 9.83. The van der Waals surface area contributed by atoms with Gasteiger partial charge in [-0.25, -0.2) is 4.39 Å². The van der Waals surface area contributed by atoms with Crippen LogP contribution in [-0.2, 0) is 24.6 Å². The summed E-state index contributed by atoms with van der Waals surface area (Å²) in [5.74, 6) is -3.41. The van der Waals surface area contributed by atoms with Gasteiger partial charge in [0.1, 0.15) is 18.4 Å². The van der Waals surface area contributed by atoms with Crippen molar-refractivity contribution in [3.63, 3.8) is 0 Å². The number of nitrogens with one attached hydrogen (secondary N) is 1. The number of hydrogen-bond donors (Lipinski definition) is 2. The van der Waals surface area contributed by atoms with Crippen LogP contribution in [-0.4, -0.2) is 51.8 Å². The molecule has 1 aliphatic rings. The average molecular weight is 421 g/mol. The van der Waals surface area contributed by atoms with Crippen molar-refractivity contribution in [2.75, 3.05) is 6.67 Å². The van der Waals surface area contributed by atoms with E-state index in [0.29, 0.717) is 11.4 Å². The van der Waals surface area contributed by atoms with E-state index in [1.165, 1.54) is 0 Å². The summed E-state index contributed by atoms with van der Waals surface area (Å²) >= 11 is 0. The fourth-order valence-electron chi connectivity index (χ4n) is 3.13. The Bertz CT molecular complexity index is 862. The molecule has 1 aromatic heterocycles. The Hall–Kier alpha value is -2.84. The molecule has 0 aromatic carbocycles. The number of ketones is 1. The number of carboxylic acid groups (broad SMARTS) is 1. The van der Waals surface area contributed by atoms with Crippen LogP contribution in [0.5, 0.6) is 0 Å². The SMILES string of the molecule is CC(C)[C@@]1(C(=O)NC(CC(=O)O)C(=O)CF)CC(c2cc(C(C)(C)C)ccn2)=NO1. The summed E-state index contributed by atoms with van der Waals surface area (Å²) in [6.45, 7) is 8.32. The summed E-state index contributed by atoms with van der Waals surface area (Å²) in [6.07, 6.45) is 1.03. The van der Waals surface area contributed by atoms with Crippen LogP contribution in [0.1, 0.15) is 58.7 Å². The Balaban J connectivity index is 2.27. The molecular weight excluding hydrogens is 393 g/mol. The molecule has 0 spiro atoms. The number of halogens is 1. The van der Waals surface area contributed by atoms with E-state index >= 15 is 0 Å². The highest BCUT2D eigenvalue weighted by Crippen LogP contribution is 2.34. The van der Waals surface area contributed by atoms with Crippen LogP contribution in [0.15, 0.2) is 23.5 Å². The lowest BCUT2D eigenvalue weighted by molar-refractivity contribution is -0.152. The van der Waals surface area contributed by atoms with Gasteiger partial charge in [0, 0.05) is 18.5 Å². The van der Waals surface area contributed by atoms with Gasteiger partial charge >= 0.3 is 5.97 Å². The van der Waals surface area contributed by atoms with E-state index in [9.17, 15) is 18.8 Å². The zero-order valence-electron chi connectivity index (χ0n) is 17.9. The molecule has 2 atom stereocenters. The molecule has 30 heavy (non-hydrogen) atoms. The quantitative estimate of drug-likeness (QED) is 0.665. The Kier molecular flexibility index (Phi) is 6.95. The first-order valence-electron chi connectivity index (χ1n) is 9.74. The molecule has 2 N–H and O–H groups in total. The van der Waals surface area contributed by atoms with Crippen LogP contribution < -0.4 is 5.32 Å². The first-order valence-corrected chi connectivity index (χ1v) is 9.74. The number of carboxylic acids is 1. The number of oxime groups is 1. The molecule has 0 radical (unpaired) electrons. The van der Waals surface area contributed by atoms with Gasteiger partial charge in [-0.2, -0.15) is 0 Å². The van der Waals surface area contributed by atoms with Crippen molar-refractivity contribution in [2.24, 2.45) is 11.1 Å². The van der Waals surface area contributed by atoms with Gasteiger partial charge in [-0.1, -0.05) is 39.8 Å². The molecule has 2 heterocycles. The molecule has 2 rings (SSSR count). The van der Waals surface area contributed by atoms with Gasteiger partial charge in [0.25, 0.3) is 5.91 Å². The highest BCUT2D eigenvalue weighted by molar-refractivity contribution is 6.05. The predicted octanol–water partition coefficient (Wildman–Crippen LogP) is 2.40. The topological polar surface area (TPSA) is 118 Å². The van der Waals surface area contributed by atoms with Gasteiger partial charge in [0.2, 0.25) is 5.60 Å². The van der Waals surface area contributed by atoms with E-state index in [1.54, 1.807) is 20.0 Å². The molecule has 1 amide bonds. The van der Waals surface area contributed by atoms with E-state index in [2.05, 4.69) is 36.2 Å². The molecule has 1 aromatic rings. The fourth-order valence-corrected chi connectivity index (χ4v) is 3.13. The summed E-state index contributed by atoms with van der Waals surface area (Å²) in [5.41, 5.74) is 0.510. The monoisotopic (exact) mass is 421 g/mol. The molecule has 0 saturated heterocycles. The summed E-state index contributed by atoms with van der Waals surface area (Å²) in [5, 5.41) is 15.4. The van der Waals surface area contributed by atoms with E-state index in [4.69, 9.17) is 9.94 Å². The molecule has 0 saturated carbocycles. The molecule has 9 heteroatoms. The average Bonchev–Trinajstić information content (AvgIpc) is 3.13. The molecule has 0 bridgehead atoms. The third-order valence-corrected chi connectivity index (χ3v) is 5.19. The van der Waals surface area contributed by atoms with E-state index < -0.39 is 42.4 Å². The number of Topliss-reactive ketones (excluding diaryl/α,β-unsaturated/α-hetero) is 1. The largest absolute Gasteiger partial charge is 0.481 e. The Morgan fingerprint density at radius 1 is 1.33 bits per heavy atom. The zero-order chi connectivity index (χ0) is 22.7. The highest BCUT2D eigenvalue weighted by Gasteiger charge is 2.50. The van der Waals surface area contributed by atoms with Gasteiger partial charge < -0.3 is 15.3 Å². The number of hydrogen-bond acceptors (Lipinski definition) is 6. The van der Waals surface area contributed by atoms with Gasteiger partial charge in [-0.15, -0.1) is 0 Å². The number of carbonyl (C=O) groups is 3. The lowest BCUT2D eigenvalue weighted by Gasteiger charge is -2.30. The van der Waals surface area contributed by atoms with Crippen molar-refractivity contribution in [2.45, 2.75) is 64.5 Å². The second-order valence-electron chi connectivity index (χ2n) is 8.75. The van der Waals surface area contributed by atoms with E-state index in [1.807, 2.05) is 12.1 Å². The normalized spacial score (nSPS) is 19.8. The van der Waals surface area contributed by atoms with Crippen LogP contribution in [0.4, 0.5) is 4.39 Å². The zero-order valence-corrected chi connectivity index (χ0v) is 17.9. The molecular formula is C21H28FN3O5. The maximum atomic E-state index is 13.0. The summed E-state index contributed by atoms with van der Waals surface area (Å²) < 4.78 is 12.8. The smallest absolute Gasteiger partial charge is 0.305 e. The van der Waals surface area contributed by atoms with Crippen molar-refractivity contribution in [3.05, 3.63) is 29.6 Å². The number of rotatable bonds is 8. The number of carbonyl (C=O) groups excluding carboxylic acids is 2. The first-order chi connectivity index (χ1) is 13.9. The number of aromatic nitrogens is 1. The number of nitrogens with zero attached hydrogens (tertiary/aromatic N) is 2. The standard InChI is InChI=1S/C21H28FN3O5/c1-12(2)21(19(29)24-15(9-18(27)28)17(26)11-22)10-16(25-30-21)14-8-13(6-7-23-14)20(3,4)5/h6-8,12,15H,9-11H2,1-5H3,(H,24,29)(H,27,28)/t15?,21-/m1/s1. The summed E-state index contributed by atoms with van der Waals surface area (Å²) in [6, 6.07) is 2.31. The Morgan fingerprint density at radius 2 is 2.00 bits per heavy atom.